The third-order valence-corrected chi connectivity index (χ3v) is 2.59. The molecule has 6 N–H and O–H groups in total. The van der Waals surface area contributed by atoms with Crippen LogP contribution in [0, 0.1) is 0 Å². The molecule has 1 heterocycles. The van der Waals surface area contributed by atoms with Gasteiger partial charge in [0.15, 0.2) is 0 Å². The molecular weight excluding hydrogens is 256 g/mol. The first-order valence-electron chi connectivity index (χ1n) is 5.81. The summed E-state index contributed by atoms with van der Waals surface area (Å²) in [5.41, 5.74) is 12.6. The normalized spacial score (nSPS) is 9.80. The highest BCUT2D eigenvalue weighted by molar-refractivity contribution is 5.79. The van der Waals surface area contributed by atoms with Gasteiger partial charge < -0.3 is 21.7 Å². The quantitative estimate of drug-likeness (QED) is 0.366. The van der Waals surface area contributed by atoms with Gasteiger partial charge in [-0.2, -0.15) is 0 Å². The van der Waals surface area contributed by atoms with Crippen molar-refractivity contribution in [2.45, 2.75) is 0 Å². The van der Waals surface area contributed by atoms with Gasteiger partial charge in [-0.05, 0) is 24.3 Å². The number of phenolic OH excluding ortho intramolecular Hbond substituents is 2. The summed E-state index contributed by atoms with van der Waals surface area (Å²) in [7, 11) is 0. The zero-order chi connectivity index (χ0) is 14.5. The second-order valence-electron chi connectivity index (χ2n) is 3.98. The van der Waals surface area contributed by atoms with Crippen LogP contribution in [0.1, 0.15) is 0 Å². The van der Waals surface area contributed by atoms with Crippen molar-refractivity contribution in [3.63, 3.8) is 0 Å². The largest absolute Gasteiger partial charge is 0.506 e. The first kappa shape index (κ1) is 13.4. The number of aromatic nitrogens is 2. The number of nitrogens with zero attached hydrogens (tertiary/aromatic N) is 2. The van der Waals surface area contributed by atoms with Crippen molar-refractivity contribution < 1.29 is 10.2 Å². The highest BCUT2D eigenvalue weighted by Gasteiger charge is 1.98. The maximum Gasteiger partial charge on any atom is 0.143 e. The molecule has 0 radical (unpaired) electrons. The lowest BCUT2D eigenvalue weighted by Gasteiger charge is -1.99. The van der Waals surface area contributed by atoms with Crippen LogP contribution in [0.25, 0.3) is 11.0 Å². The predicted octanol–water partition coefficient (Wildman–Crippen LogP) is 1.89. The smallest absolute Gasteiger partial charge is 0.143 e. The van der Waals surface area contributed by atoms with Gasteiger partial charge in [0.05, 0.1) is 16.9 Å². The molecule has 0 bridgehead atoms. The Morgan fingerprint density at radius 2 is 1.45 bits per heavy atom. The fourth-order valence-corrected chi connectivity index (χ4v) is 1.55. The topological polar surface area (TPSA) is 118 Å². The van der Waals surface area contributed by atoms with Crippen LogP contribution in [0.2, 0.25) is 0 Å². The van der Waals surface area contributed by atoms with Gasteiger partial charge in [0, 0.05) is 12.4 Å². The molecule has 0 aliphatic heterocycles. The van der Waals surface area contributed by atoms with Crippen molar-refractivity contribution in [1.29, 1.82) is 0 Å². The molecule has 2 aromatic carbocycles. The van der Waals surface area contributed by atoms with Gasteiger partial charge >= 0.3 is 0 Å². The lowest BCUT2D eigenvalue weighted by atomic mass is 10.2. The van der Waals surface area contributed by atoms with Gasteiger partial charge in [0.25, 0.3) is 0 Å². The molecule has 3 aromatic rings. The molecular formula is C14H14N4O2. The molecule has 0 aliphatic rings. The minimum atomic E-state index is 0.0370. The summed E-state index contributed by atoms with van der Waals surface area (Å²) in [5.74, 6) is 0.214. The van der Waals surface area contributed by atoms with Crippen molar-refractivity contribution >= 4 is 22.4 Å². The zero-order valence-electron chi connectivity index (χ0n) is 10.6. The van der Waals surface area contributed by atoms with Gasteiger partial charge in [-0.15, -0.1) is 0 Å². The van der Waals surface area contributed by atoms with E-state index in [0.717, 1.165) is 0 Å². The molecule has 0 amide bonds. The summed E-state index contributed by atoms with van der Waals surface area (Å²) in [6, 6.07) is 9.91. The second kappa shape index (κ2) is 5.75. The Balaban J connectivity index is 0.000000151. The van der Waals surface area contributed by atoms with Crippen LogP contribution in [-0.2, 0) is 0 Å². The number of nitrogens with two attached hydrogens (primary N) is 2. The Morgan fingerprint density at radius 1 is 0.800 bits per heavy atom. The number of aromatic hydroxyl groups is 2. The fourth-order valence-electron chi connectivity index (χ4n) is 1.55. The molecule has 1 aromatic heterocycles. The van der Waals surface area contributed by atoms with E-state index < -0.39 is 0 Å². The van der Waals surface area contributed by atoms with E-state index in [2.05, 4.69) is 9.97 Å². The summed E-state index contributed by atoms with van der Waals surface area (Å²) in [4.78, 5) is 7.99. The van der Waals surface area contributed by atoms with Crippen LogP contribution in [0.15, 0.2) is 48.8 Å². The Bertz CT molecular complexity index is 706. The number of fused-ring (bicyclic) bond motifs is 1. The molecule has 0 fully saturated rings. The summed E-state index contributed by atoms with van der Waals surface area (Å²) in [6.07, 6.45) is 3.16. The number of anilines is 2. The van der Waals surface area contributed by atoms with E-state index in [-0.39, 0.29) is 17.2 Å². The average Bonchev–Trinajstić information content (AvgIpc) is 2.46. The first-order chi connectivity index (χ1) is 9.59. The van der Waals surface area contributed by atoms with E-state index in [1.165, 1.54) is 6.07 Å². The number of rotatable bonds is 0. The monoisotopic (exact) mass is 270 g/mol. The first-order valence-corrected chi connectivity index (χ1v) is 5.81. The van der Waals surface area contributed by atoms with Crippen molar-refractivity contribution in [2.75, 3.05) is 11.5 Å². The number of nitrogen functional groups attached to an aromatic ring is 2. The molecule has 6 heteroatoms. The molecule has 3 rings (SSSR count). The molecule has 0 saturated carbocycles. The van der Waals surface area contributed by atoms with E-state index in [1.807, 2.05) is 6.07 Å². The second-order valence-corrected chi connectivity index (χ2v) is 3.98. The lowest BCUT2D eigenvalue weighted by molar-refractivity contribution is 0.478. The van der Waals surface area contributed by atoms with E-state index in [1.54, 1.807) is 36.7 Å². The van der Waals surface area contributed by atoms with Gasteiger partial charge in [-0.3, -0.25) is 4.98 Å². The summed E-state index contributed by atoms with van der Waals surface area (Å²) in [6.45, 7) is 0. The van der Waals surface area contributed by atoms with Crippen molar-refractivity contribution in [2.24, 2.45) is 0 Å². The number of para-hydroxylation sites is 2. The third kappa shape index (κ3) is 2.86. The SMILES string of the molecule is Nc1cccc(O)c1N.Oc1cccc2nccnc12. The van der Waals surface area contributed by atoms with E-state index in [0.29, 0.717) is 16.7 Å². The van der Waals surface area contributed by atoms with Gasteiger partial charge in [-0.25, -0.2) is 4.98 Å². The molecule has 0 atom stereocenters. The van der Waals surface area contributed by atoms with Crippen molar-refractivity contribution in [1.82, 2.24) is 9.97 Å². The van der Waals surface area contributed by atoms with E-state index in [9.17, 15) is 5.11 Å². The van der Waals surface area contributed by atoms with Gasteiger partial charge in [-0.1, -0.05) is 12.1 Å². The van der Waals surface area contributed by atoms with Crippen LogP contribution in [-0.4, -0.2) is 20.2 Å². The Hall–Kier alpha value is -3.02. The number of hydrogen-bond donors (Lipinski definition) is 4. The molecule has 0 saturated heterocycles. The zero-order valence-corrected chi connectivity index (χ0v) is 10.6. The molecule has 0 aliphatic carbocycles. The van der Waals surface area contributed by atoms with E-state index >= 15 is 0 Å². The average molecular weight is 270 g/mol. The lowest BCUT2D eigenvalue weighted by Crippen LogP contribution is -1.93. The van der Waals surface area contributed by atoms with Crippen LogP contribution < -0.4 is 11.5 Å². The minimum absolute atomic E-state index is 0.0370. The minimum Gasteiger partial charge on any atom is -0.506 e. The number of benzene rings is 2. The Kier molecular flexibility index (Phi) is 3.85. The number of phenols is 2. The van der Waals surface area contributed by atoms with Crippen molar-refractivity contribution in [3.05, 3.63) is 48.8 Å². The van der Waals surface area contributed by atoms with Crippen LogP contribution in [0.5, 0.6) is 11.5 Å². The van der Waals surface area contributed by atoms with Crippen molar-refractivity contribution in [3.8, 4) is 11.5 Å². The molecule has 0 unspecified atom stereocenters. The van der Waals surface area contributed by atoms with Crippen LogP contribution in [0.4, 0.5) is 11.4 Å². The fraction of sp³-hybridized carbons (Fsp3) is 0. The Morgan fingerprint density at radius 3 is 2.10 bits per heavy atom. The maximum atomic E-state index is 9.27. The molecule has 6 nitrogen and oxygen atoms in total. The summed E-state index contributed by atoms with van der Waals surface area (Å²) >= 11 is 0. The molecule has 102 valence electrons. The van der Waals surface area contributed by atoms with Crippen LogP contribution in [0.3, 0.4) is 0 Å². The summed E-state index contributed by atoms with van der Waals surface area (Å²) < 4.78 is 0. The molecule has 20 heavy (non-hydrogen) atoms. The standard InChI is InChI=1S/C8H6N2O.C6H8N2O/c11-7-3-1-2-6-8(7)10-5-4-9-6;7-4-2-1-3-5(9)6(4)8/h1-5,11H;1-3,9H,7-8H2. The van der Waals surface area contributed by atoms with Gasteiger partial charge in [0.2, 0.25) is 0 Å². The molecule has 0 spiro atoms. The predicted molar refractivity (Wildman–Crippen MR) is 78.1 cm³/mol. The van der Waals surface area contributed by atoms with E-state index in [4.69, 9.17) is 16.6 Å². The number of hydrogen-bond acceptors (Lipinski definition) is 6. The highest BCUT2D eigenvalue weighted by atomic mass is 16.3. The Labute approximate surface area is 115 Å². The third-order valence-electron chi connectivity index (χ3n) is 2.59. The maximum absolute atomic E-state index is 9.27. The van der Waals surface area contributed by atoms with Crippen LogP contribution >= 0.6 is 0 Å². The highest BCUT2D eigenvalue weighted by Crippen LogP contribution is 2.24. The summed E-state index contributed by atoms with van der Waals surface area (Å²) in [5, 5.41) is 18.2. The van der Waals surface area contributed by atoms with Gasteiger partial charge in [0.1, 0.15) is 17.0 Å².